The molecule has 4 rings (SSSR count). The first-order chi connectivity index (χ1) is 14.6. The van der Waals surface area contributed by atoms with Gasteiger partial charge in [-0.1, -0.05) is 36.4 Å². The highest BCUT2D eigenvalue weighted by Gasteiger charge is 2.23. The molecule has 0 radical (unpaired) electrons. The van der Waals surface area contributed by atoms with E-state index in [1.165, 1.54) is 11.8 Å². The number of amidine groups is 1. The van der Waals surface area contributed by atoms with Crippen LogP contribution in [0.2, 0.25) is 0 Å². The zero-order valence-corrected chi connectivity index (χ0v) is 20.2. The largest absolute Gasteiger partial charge is 0.488 e. The van der Waals surface area contributed by atoms with Crippen LogP contribution in [0, 0.1) is 3.57 Å². The van der Waals surface area contributed by atoms with Crippen molar-refractivity contribution < 1.29 is 9.53 Å². The Hall–Kier alpha value is -2.10. The number of hydrogen-bond donors (Lipinski definition) is 1. The van der Waals surface area contributed by atoms with Gasteiger partial charge in [-0.3, -0.25) is 4.79 Å². The van der Waals surface area contributed by atoms with E-state index >= 15 is 0 Å². The van der Waals surface area contributed by atoms with Gasteiger partial charge in [0.2, 0.25) is 0 Å². The van der Waals surface area contributed by atoms with Gasteiger partial charge in [0, 0.05) is 3.57 Å². The number of halogens is 2. The fourth-order valence-corrected chi connectivity index (χ4v) is 4.44. The molecule has 0 aliphatic carbocycles. The number of carbonyl (C=O) groups excluding carboxylic acids is 1. The van der Waals surface area contributed by atoms with Crippen LogP contribution in [0.5, 0.6) is 5.75 Å². The zero-order chi connectivity index (χ0) is 20.9. The van der Waals surface area contributed by atoms with E-state index in [4.69, 9.17) is 4.74 Å². The SMILES string of the molecule is O=C1NC(=Nc2ccc(I)cc2)S/C1=C/c1ccc(OCc2ccccc2)c(Br)c1. The van der Waals surface area contributed by atoms with Crippen LogP contribution in [0.4, 0.5) is 5.69 Å². The fourth-order valence-electron chi connectivity index (χ4n) is 2.72. The summed E-state index contributed by atoms with van der Waals surface area (Å²) in [6, 6.07) is 23.6. The molecular weight excluding hydrogens is 575 g/mol. The average Bonchev–Trinajstić information content (AvgIpc) is 3.08. The minimum atomic E-state index is -0.148. The molecule has 4 nitrogen and oxygen atoms in total. The number of carbonyl (C=O) groups is 1. The molecule has 1 aliphatic rings. The Morgan fingerprint density at radius 1 is 1.07 bits per heavy atom. The molecule has 1 aliphatic heterocycles. The Kier molecular flexibility index (Phi) is 6.91. The standard InChI is InChI=1S/C23H16BrIN2O2S/c24-19-12-16(6-11-20(19)29-14-15-4-2-1-3-5-15)13-21-22(28)27-23(30-21)26-18-9-7-17(25)8-10-18/h1-13H,14H2,(H,26,27,28)/b21-13+. The molecule has 0 saturated carbocycles. The summed E-state index contributed by atoms with van der Waals surface area (Å²) < 4.78 is 7.87. The maximum absolute atomic E-state index is 12.3. The van der Waals surface area contributed by atoms with E-state index in [0.29, 0.717) is 16.7 Å². The lowest BCUT2D eigenvalue weighted by atomic mass is 10.2. The van der Waals surface area contributed by atoms with E-state index in [2.05, 4.69) is 48.8 Å². The first-order valence-corrected chi connectivity index (χ1v) is 11.8. The van der Waals surface area contributed by atoms with Gasteiger partial charge in [0.1, 0.15) is 12.4 Å². The van der Waals surface area contributed by atoms with Crippen LogP contribution in [0.15, 0.2) is 87.2 Å². The summed E-state index contributed by atoms with van der Waals surface area (Å²) in [5.41, 5.74) is 2.82. The predicted octanol–water partition coefficient (Wildman–Crippen LogP) is 6.52. The molecule has 1 N–H and O–H groups in total. The van der Waals surface area contributed by atoms with Crippen LogP contribution >= 0.6 is 50.3 Å². The van der Waals surface area contributed by atoms with Crippen LogP contribution in [-0.2, 0) is 11.4 Å². The number of ether oxygens (including phenoxy) is 1. The Morgan fingerprint density at radius 3 is 2.57 bits per heavy atom. The minimum absolute atomic E-state index is 0.148. The van der Waals surface area contributed by atoms with Crippen molar-refractivity contribution >= 4 is 73.1 Å². The Bertz CT molecular complexity index is 1130. The molecule has 1 amide bonds. The van der Waals surface area contributed by atoms with Crippen LogP contribution in [0.1, 0.15) is 11.1 Å². The van der Waals surface area contributed by atoms with Crippen molar-refractivity contribution in [2.75, 3.05) is 0 Å². The summed E-state index contributed by atoms with van der Waals surface area (Å²) in [5.74, 6) is 0.607. The third-order valence-corrected chi connectivity index (χ3v) is 6.45. The number of hydrogen-bond acceptors (Lipinski definition) is 4. The minimum Gasteiger partial charge on any atom is -0.488 e. The number of aliphatic imine (C=N–C) groups is 1. The van der Waals surface area contributed by atoms with E-state index in [-0.39, 0.29) is 5.91 Å². The number of thioether (sulfide) groups is 1. The van der Waals surface area contributed by atoms with Gasteiger partial charge in [0.05, 0.1) is 15.1 Å². The molecule has 0 spiro atoms. The highest BCUT2D eigenvalue weighted by atomic mass is 127. The second-order valence-electron chi connectivity index (χ2n) is 6.42. The van der Waals surface area contributed by atoms with Crippen molar-refractivity contribution in [3.05, 3.63) is 96.9 Å². The summed E-state index contributed by atoms with van der Waals surface area (Å²) in [7, 11) is 0. The Morgan fingerprint density at radius 2 is 1.83 bits per heavy atom. The van der Waals surface area contributed by atoms with Crippen LogP contribution in [0.25, 0.3) is 6.08 Å². The van der Waals surface area contributed by atoms with E-state index in [0.717, 1.165) is 30.6 Å². The lowest BCUT2D eigenvalue weighted by molar-refractivity contribution is -0.115. The first kappa shape index (κ1) is 21.1. The molecule has 1 heterocycles. The van der Waals surface area contributed by atoms with Crippen molar-refractivity contribution in [1.82, 2.24) is 5.32 Å². The van der Waals surface area contributed by atoms with Crippen LogP contribution < -0.4 is 10.1 Å². The maximum Gasteiger partial charge on any atom is 0.264 e. The Balaban J connectivity index is 1.45. The molecule has 0 aromatic heterocycles. The van der Waals surface area contributed by atoms with E-state index in [1.54, 1.807) is 0 Å². The number of nitrogens with one attached hydrogen (secondary N) is 1. The molecule has 3 aromatic carbocycles. The van der Waals surface area contributed by atoms with Gasteiger partial charge in [0.25, 0.3) is 5.91 Å². The number of nitrogens with zero attached hydrogens (tertiary/aromatic N) is 1. The summed E-state index contributed by atoms with van der Waals surface area (Å²) in [6.45, 7) is 0.497. The molecule has 7 heteroatoms. The number of benzene rings is 3. The molecule has 30 heavy (non-hydrogen) atoms. The number of amides is 1. The van der Waals surface area contributed by atoms with Crippen molar-refractivity contribution in [3.63, 3.8) is 0 Å². The molecule has 0 unspecified atom stereocenters. The van der Waals surface area contributed by atoms with E-state index in [1.807, 2.05) is 78.9 Å². The van der Waals surface area contributed by atoms with Crippen molar-refractivity contribution in [2.45, 2.75) is 6.61 Å². The van der Waals surface area contributed by atoms with E-state index < -0.39 is 0 Å². The second kappa shape index (κ2) is 9.80. The lowest BCUT2D eigenvalue weighted by Gasteiger charge is -2.09. The fraction of sp³-hybridized carbons (Fsp3) is 0.0435. The molecule has 3 aromatic rings. The maximum atomic E-state index is 12.3. The topological polar surface area (TPSA) is 50.7 Å². The van der Waals surface area contributed by atoms with Crippen molar-refractivity contribution in [3.8, 4) is 5.75 Å². The summed E-state index contributed by atoms with van der Waals surface area (Å²) >= 11 is 7.14. The smallest absolute Gasteiger partial charge is 0.264 e. The summed E-state index contributed by atoms with van der Waals surface area (Å²) in [4.78, 5) is 17.4. The van der Waals surface area contributed by atoms with Crippen LogP contribution in [-0.4, -0.2) is 11.1 Å². The molecule has 1 fully saturated rings. The predicted molar refractivity (Wildman–Crippen MR) is 135 cm³/mol. The molecular formula is C23H16BrIN2O2S. The van der Waals surface area contributed by atoms with Gasteiger partial charge in [-0.2, -0.15) is 0 Å². The molecule has 1 saturated heterocycles. The van der Waals surface area contributed by atoms with Gasteiger partial charge in [-0.15, -0.1) is 0 Å². The van der Waals surface area contributed by atoms with Crippen molar-refractivity contribution in [2.24, 2.45) is 4.99 Å². The normalized spacial score (nSPS) is 16.1. The zero-order valence-electron chi connectivity index (χ0n) is 15.6. The average molecular weight is 591 g/mol. The van der Waals surface area contributed by atoms with Crippen LogP contribution in [0.3, 0.4) is 0 Å². The molecule has 150 valence electrons. The lowest BCUT2D eigenvalue weighted by Crippen LogP contribution is -2.19. The highest BCUT2D eigenvalue weighted by molar-refractivity contribution is 14.1. The summed E-state index contributed by atoms with van der Waals surface area (Å²) in [6.07, 6.45) is 1.85. The monoisotopic (exact) mass is 590 g/mol. The third kappa shape index (κ3) is 5.53. The van der Waals surface area contributed by atoms with E-state index in [9.17, 15) is 4.79 Å². The quantitative estimate of drug-likeness (QED) is 0.272. The molecule has 0 atom stereocenters. The number of rotatable bonds is 5. The summed E-state index contributed by atoms with van der Waals surface area (Å²) in [5, 5.41) is 3.40. The van der Waals surface area contributed by atoms with Gasteiger partial charge in [0.15, 0.2) is 5.17 Å². The first-order valence-electron chi connectivity index (χ1n) is 9.08. The van der Waals surface area contributed by atoms with Crippen molar-refractivity contribution in [1.29, 1.82) is 0 Å². The van der Waals surface area contributed by atoms with Gasteiger partial charge in [-0.25, -0.2) is 4.99 Å². The second-order valence-corrected chi connectivity index (χ2v) is 9.55. The highest BCUT2D eigenvalue weighted by Crippen LogP contribution is 2.31. The third-order valence-electron chi connectivity index (χ3n) is 4.20. The Labute approximate surface area is 201 Å². The van der Waals surface area contributed by atoms with Gasteiger partial charge in [-0.05, 0) is 104 Å². The van der Waals surface area contributed by atoms with Gasteiger partial charge >= 0.3 is 0 Å². The molecule has 0 bridgehead atoms. The van der Waals surface area contributed by atoms with Gasteiger partial charge < -0.3 is 10.1 Å².